The molecule has 0 saturated carbocycles. The predicted octanol–water partition coefficient (Wildman–Crippen LogP) is 3.65. The van der Waals surface area contributed by atoms with Gasteiger partial charge in [0.05, 0.1) is 24.3 Å². The van der Waals surface area contributed by atoms with Gasteiger partial charge >= 0.3 is 6.18 Å². The molecule has 0 spiro atoms. The molecule has 94 valence electrons. The molecule has 2 nitrogen and oxygen atoms in total. The van der Waals surface area contributed by atoms with Gasteiger partial charge in [0.25, 0.3) is 0 Å². The summed E-state index contributed by atoms with van der Waals surface area (Å²) in [5.74, 6) is -0.795. The molecule has 0 unspecified atom stereocenters. The fraction of sp³-hybridized carbons (Fsp3) is 0.400. The van der Waals surface area contributed by atoms with E-state index < -0.39 is 23.8 Å². The van der Waals surface area contributed by atoms with Crippen LogP contribution >= 0.6 is 15.9 Å². The highest BCUT2D eigenvalue weighted by Gasteiger charge is 2.36. The van der Waals surface area contributed by atoms with Crippen molar-refractivity contribution in [1.82, 2.24) is 0 Å². The monoisotopic (exact) mass is 314 g/mol. The molecule has 0 aromatic heterocycles. The third kappa shape index (κ3) is 2.46. The largest absolute Gasteiger partial charge is 0.417 e. The fourth-order valence-corrected chi connectivity index (χ4v) is 2.26. The van der Waals surface area contributed by atoms with Gasteiger partial charge in [0.1, 0.15) is 5.82 Å². The second-order valence-corrected chi connectivity index (χ2v) is 4.19. The first-order chi connectivity index (χ1) is 7.91. The summed E-state index contributed by atoms with van der Waals surface area (Å²) in [4.78, 5) is 0. The van der Waals surface area contributed by atoms with E-state index in [2.05, 4.69) is 15.9 Å². The topological polar surface area (TPSA) is 18.5 Å². The van der Waals surface area contributed by atoms with Gasteiger partial charge in [-0.3, -0.25) is 0 Å². The molecular formula is C10H7BrF4O2. The average Bonchev–Trinajstić information content (AvgIpc) is 2.68. The van der Waals surface area contributed by atoms with Crippen LogP contribution in [0.3, 0.4) is 0 Å². The van der Waals surface area contributed by atoms with E-state index in [4.69, 9.17) is 9.47 Å². The van der Waals surface area contributed by atoms with E-state index in [1.54, 1.807) is 0 Å². The Balaban J connectivity index is 2.50. The molecule has 1 fully saturated rings. The summed E-state index contributed by atoms with van der Waals surface area (Å²) in [6, 6.07) is 1.44. The molecule has 2 rings (SSSR count). The lowest BCUT2D eigenvalue weighted by molar-refractivity contribution is -0.138. The first kappa shape index (κ1) is 12.8. The number of hydrogen-bond donors (Lipinski definition) is 0. The van der Waals surface area contributed by atoms with Crippen LogP contribution < -0.4 is 0 Å². The van der Waals surface area contributed by atoms with Crippen molar-refractivity contribution in [1.29, 1.82) is 0 Å². The van der Waals surface area contributed by atoms with E-state index in [1.807, 2.05) is 0 Å². The molecular weight excluding hydrogens is 308 g/mol. The smallest absolute Gasteiger partial charge is 0.346 e. The Bertz CT molecular complexity index is 427. The molecule has 0 N–H and O–H groups in total. The molecule has 17 heavy (non-hydrogen) atoms. The molecule has 0 bridgehead atoms. The molecule has 0 amide bonds. The Morgan fingerprint density at radius 3 is 2.29 bits per heavy atom. The van der Waals surface area contributed by atoms with Crippen molar-refractivity contribution >= 4 is 15.9 Å². The van der Waals surface area contributed by atoms with Gasteiger partial charge in [-0.15, -0.1) is 0 Å². The zero-order valence-electron chi connectivity index (χ0n) is 8.35. The molecule has 1 aromatic rings. The highest BCUT2D eigenvalue weighted by molar-refractivity contribution is 9.10. The van der Waals surface area contributed by atoms with Crippen molar-refractivity contribution in [3.05, 3.63) is 33.5 Å². The quantitative estimate of drug-likeness (QED) is 0.737. The van der Waals surface area contributed by atoms with Crippen molar-refractivity contribution in [2.24, 2.45) is 0 Å². The Labute approximate surface area is 103 Å². The van der Waals surface area contributed by atoms with Crippen LogP contribution in [0.1, 0.15) is 17.4 Å². The summed E-state index contributed by atoms with van der Waals surface area (Å²) in [5, 5.41) is 0. The summed E-state index contributed by atoms with van der Waals surface area (Å²) in [5.41, 5.74) is -1.20. The highest BCUT2D eigenvalue weighted by Crippen LogP contribution is 2.41. The highest BCUT2D eigenvalue weighted by atomic mass is 79.9. The van der Waals surface area contributed by atoms with Gasteiger partial charge in [0, 0.05) is 4.47 Å². The summed E-state index contributed by atoms with van der Waals surface area (Å²) < 4.78 is 61.0. The first-order valence-corrected chi connectivity index (χ1v) is 5.49. The van der Waals surface area contributed by atoms with Crippen LogP contribution in [0.2, 0.25) is 0 Å². The number of hydrogen-bond acceptors (Lipinski definition) is 2. The van der Waals surface area contributed by atoms with Gasteiger partial charge in [-0.1, -0.05) is 0 Å². The van der Waals surface area contributed by atoms with Crippen LogP contribution in [0.15, 0.2) is 16.6 Å². The summed E-state index contributed by atoms with van der Waals surface area (Å²) in [6.07, 6.45) is -5.65. The third-order valence-electron chi connectivity index (χ3n) is 2.29. The molecule has 1 aromatic carbocycles. The van der Waals surface area contributed by atoms with E-state index in [1.165, 1.54) is 0 Å². The maximum atomic E-state index is 13.5. The number of alkyl halides is 3. The lowest BCUT2D eigenvalue weighted by atomic mass is 10.1. The minimum Gasteiger partial charge on any atom is -0.346 e. The molecule has 1 saturated heterocycles. The molecule has 1 aliphatic heterocycles. The fourth-order valence-electron chi connectivity index (χ4n) is 1.53. The lowest BCUT2D eigenvalue weighted by Crippen LogP contribution is -2.11. The standard InChI is InChI=1S/C10H7BrF4O2/c11-8-5(10(13,14)15)1-2-6(12)7(8)9-16-3-4-17-9/h1-2,9H,3-4H2. The Morgan fingerprint density at radius 2 is 1.76 bits per heavy atom. The van der Waals surface area contributed by atoms with E-state index in [0.717, 1.165) is 6.07 Å². The zero-order chi connectivity index (χ0) is 12.6. The second-order valence-electron chi connectivity index (χ2n) is 3.39. The van der Waals surface area contributed by atoms with E-state index in [0.29, 0.717) is 6.07 Å². The van der Waals surface area contributed by atoms with Crippen LogP contribution in [0.5, 0.6) is 0 Å². The van der Waals surface area contributed by atoms with Crippen molar-refractivity contribution in [3.63, 3.8) is 0 Å². The predicted molar refractivity (Wildman–Crippen MR) is 53.7 cm³/mol. The normalized spacial score (nSPS) is 17.7. The average molecular weight is 315 g/mol. The zero-order valence-corrected chi connectivity index (χ0v) is 9.94. The molecule has 7 heteroatoms. The van der Waals surface area contributed by atoms with Crippen LogP contribution in [0.25, 0.3) is 0 Å². The summed E-state index contributed by atoms with van der Waals surface area (Å²) >= 11 is 2.76. The molecule has 0 radical (unpaired) electrons. The molecule has 1 heterocycles. The van der Waals surface area contributed by atoms with Gasteiger partial charge in [-0.05, 0) is 28.1 Å². The van der Waals surface area contributed by atoms with Crippen LogP contribution in [0, 0.1) is 5.82 Å². The van der Waals surface area contributed by atoms with Gasteiger partial charge in [0.2, 0.25) is 0 Å². The third-order valence-corrected chi connectivity index (χ3v) is 3.14. The number of rotatable bonds is 1. The number of ether oxygens (including phenoxy) is 2. The first-order valence-electron chi connectivity index (χ1n) is 4.69. The van der Waals surface area contributed by atoms with Gasteiger partial charge in [-0.25, -0.2) is 4.39 Å². The van der Waals surface area contributed by atoms with Crippen molar-refractivity contribution < 1.29 is 27.0 Å². The van der Waals surface area contributed by atoms with Crippen LogP contribution in [-0.4, -0.2) is 13.2 Å². The number of halogens is 5. The van der Waals surface area contributed by atoms with Gasteiger partial charge in [-0.2, -0.15) is 13.2 Å². The van der Waals surface area contributed by atoms with Gasteiger partial charge < -0.3 is 9.47 Å². The minimum absolute atomic E-state index is 0.229. The molecule has 1 aliphatic rings. The van der Waals surface area contributed by atoms with Crippen molar-refractivity contribution in [2.75, 3.05) is 13.2 Å². The Morgan fingerprint density at radius 1 is 1.18 bits per heavy atom. The summed E-state index contributed by atoms with van der Waals surface area (Å²) in [6.45, 7) is 0.458. The SMILES string of the molecule is Fc1ccc(C(F)(F)F)c(Br)c1C1OCCO1. The van der Waals surface area contributed by atoms with Crippen molar-refractivity contribution in [3.8, 4) is 0 Å². The lowest BCUT2D eigenvalue weighted by Gasteiger charge is -2.16. The summed E-state index contributed by atoms with van der Waals surface area (Å²) in [7, 11) is 0. The maximum absolute atomic E-state index is 13.5. The van der Waals surface area contributed by atoms with E-state index >= 15 is 0 Å². The van der Waals surface area contributed by atoms with E-state index in [-0.39, 0.29) is 23.2 Å². The van der Waals surface area contributed by atoms with Crippen LogP contribution in [0.4, 0.5) is 17.6 Å². The molecule has 0 aliphatic carbocycles. The maximum Gasteiger partial charge on any atom is 0.417 e. The Kier molecular flexibility index (Phi) is 3.42. The second kappa shape index (κ2) is 4.55. The van der Waals surface area contributed by atoms with E-state index in [9.17, 15) is 17.6 Å². The molecule has 0 atom stereocenters. The minimum atomic E-state index is -4.56. The van der Waals surface area contributed by atoms with Crippen LogP contribution in [-0.2, 0) is 15.7 Å². The van der Waals surface area contributed by atoms with Gasteiger partial charge in [0.15, 0.2) is 6.29 Å². The Hall–Kier alpha value is -0.660. The number of benzene rings is 1. The van der Waals surface area contributed by atoms with Crippen molar-refractivity contribution in [2.45, 2.75) is 12.5 Å².